The molecule has 2 bridgehead atoms. The Bertz CT molecular complexity index is 1600. The van der Waals surface area contributed by atoms with Crippen molar-refractivity contribution in [3.8, 4) is 0 Å². The Morgan fingerprint density at radius 3 is 2.51 bits per heavy atom. The number of benzene rings is 2. The minimum atomic E-state index is -0.849. The molecule has 226 valence electrons. The number of carbonyl (C=O) groups excluding carboxylic acids is 3. The Labute approximate surface area is 261 Å². The van der Waals surface area contributed by atoms with E-state index < -0.39 is 35.0 Å². The van der Waals surface area contributed by atoms with Crippen LogP contribution in [0.4, 0.5) is 20.6 Å². The van der Waals surface area contributed by atoms with Crippen LogP contribution in [0, 0.1) is 5.82 Å². The number of nitrogens with zero attached hydrogens (tertiary/aromatic N) is 5. The average Bonchev–Trinajstić information content (AvgIpc) is 3.70. The van der Waals surface area contributed by atoms with E-state index in [1.54, 1.807) is 41.4 Å². The van der Waals surface area contributed by atoms with E-state index in [-0.39, 0.29) is 28.2 Å². The zero-order valence-corrected chi connectivity index (χ0v) is 26.3. The third-order valence-corrected chi connectivity index (χ3v) is 9.10. The topological polar surface area (TPSA) is 110 Å². The molecule has 43 heavy (non-hydrogen) atoms. The van der Waals surface area contributed by atoms with Crippen LogP contribution in [0.2, 0.25) is 5.02 Å². The number of rotatable bonds is 5. The van der Waals surface area contributed by atoms with Gasteiger partial charge in [-0.1, -0.05) is 32.7 Å². The van der Waals surface area contributed by atoms with E-state index in [4.69, 9.17) is 16.3 Å². The predicted molar refractivity (Wildman–Crippen MR) is 162 cm³/mol. The summed E-state index contributed by atoms with van der Waals surface area (Å²) >= 11 is 9.54. The van der Waals surface area contributed by atoms with Crippen LogP contribution in [0.15, 0.2) is 47.1 Å². The summed E-state index contributed by atoms with van der Waals surface area (Å²) in [4.78, 5) is 43.5. The highest BCUT2D eigenvalue weighted by Gasteiger charge is 2.57. The summed E-state index contributed by atoms with van der Waals surface area (Å²) in [6.07, 6.45) is 4.14. The Kier molecular flexibility index (Phi) is 7.48. The summed E-state index contributed by atoms with van der Waals surface area (Å²) in [5.74, 6) is -1.51. The molecule has 4 heterocycles. The van der Waals surface area contributed by atoms with Crippen molar-refractivity contribution in [2.45, 2.75) is 76.1 Å². The normalized spacial score (nSPS) is 23.3. The molecule has 1 unspecified atom stereocenters. The Morgan fingerprint density at radius 2 is 1.84 bits per heavy atom. The lowest BCUT2D eigenvalue weighted by Gasteiger charge is -2.34. The van der Waals surface area contributed by atoms with Crippen molar-refractivity contribution in [1.29, 1.82) is 0 Å². The quantitative estimate of drug-likeness (QED) is 0.333. The number of halogens is 3. The number of nitrogens with one attached hydrogen (secondary N) is 1. The highest BCUT2D eigenvalue weighted by Crippen LogP contribution is 2.53. The van der Waals surface area contributed by atoms with Gasteiger partial charge in [0, 0.05) is 27.8 Å². The third kappa shape index (κ3) is 5.39. The van der Waals surface area contributed by atoms with Crippen molar-refractivity contribution in [3.63, 3.8) is 0 Å². The van der Waals surface area contributed by atoms with E-state index in [1.807, 2.05) is 24.3 Å². The lowest BCUT2D eigenvalue weighted by atomic mass is 9.85. The van der Waals surface area contributed by atoms with Gasteiger partial charge in [-0.3, -0.25) is 14.9 Å². The molecule has 6 rings (SSSR count). The first-order valence-corrected chi connectivity index (χ1v) is 15.4. The zero-order chi connectivity index (χ0) is 30.7. The van der Waals surface area contributed by atoms with Gasteiger partial charge in [0.2, 0.25) is 0 Å². The summed E-state index contributed by atoms with van der Waals surface area (Å²) in [6.45, 7) is 5.65. The molecule has 0 spiro atoms. The molecule has 3 aliphatic heterocycles. The van der Waals surface area contributed by atoms with Crippen molar-refractivity contribution >= 4 is 56.8 Å². The maximum Gasteiger partial charge on any atom is 0.412 e. The molecular weight excluding hydrogens is 643 g/mol. The molecule has 1 aromatic heterocycles. The predicted octanol–water partition coefficient (Wildman–Crippen LogP) is 6.45. The third-order valence-electron chi connectivity index (χ3n) is 8.35. The second-order valence-electron chi connectivity index (χ2n) is 12.2. The first kappa shape index (κ1) is 29.6. The molecule has 1 N–H and O–H groups in total. The van der Waals surface area contributed by atoms with E-state index in [2.05, 4.69) is 31.6 Å². The van der Waals surface area contributed by atoms with E-state index in [0.717, 1.165) is 16.2 Å². The lowest BCUT2D eigenvalue weighted by molar-refractivity contribution is -0.120. The first-order chi connectivity index (χ1) is 20.4. The van der Waals surface area contributed by atoms with Crippen LogP contribution in [0.1, 0.15) is 75.0 Å². The van der Waals surface area contributed by atoms with Crippen LogP contribution < -0.4 is 10.2 Å². The van der Waals surface area contributed by atoms with Crippen LogP contribution in [-0.2, 0) is 15.1 Å². The molecule has 0 aliphatic carbocycles. The molecule has 3 amide bonds. The van der Waals surface area contributed by atoms with Crippen molar-refractivity contribution in [2.24, 2.45) is 0 Å². The number of amides is 3. The molecule has 10 nitrogen and oxygen atoms in total. The van der Waals surface area contributed by atoms with Gasteiger partial charge in [-0.05, 0) is 89.3 Å². The van der Waals surface area contributed by atoms with E-state index in [9.17, 15) is 14.4 Å². The van der Waals surface area contributed by atoms with Gasteiger partial charge in [0.25, 0.3) is 11.8 Å². The SMILES string of the molecule is CC(C)(C)OC(=O)Nc1cc(Cl)cc(F)c1C(=O)N1C2CCC1(c1cn(C3CCN(c4ccc(Br)cc4)C3=O)nn1)CC2. The minimum absolute atomic E-state index is 0.0283. The first-order valence-electron chi connectivity index (χ1n) is 14.2. The Morgan fingerprint density at radius 1 is 1.14 bits per heavy atom. The molecule has 3 fully saturated rings. The van der Waals surface area contributed by atoms with Gasteiger partial charge in [-0.25, -0.2) is 13.9 Å². The van der Waals surface area contributed by atoms with Gasteiger partial charge in [0.15, 0.2) is 0 Å². The largest absolute Gasteiger partial charge is 0.444 e. The number of hydrogen-bond acceptors (Lipinski definition) is 6. The average molecular weight is 674 g/mol. The number of anilines is 2. The van der Waals surface area contributed by atoms with Crippen LogP contribution in [0.5, 0.6) is 0 Å². The number of fused-ring (bicyclic) bond motifs is 2. The van der Waals surface area contributed by atoms with Crippen molar-refractivity contribution in [3.05, 3.63) is 69.2 Å². The second-order valence-corrected chi connectivity index (χ2v) is 13.6. The molecule has 3 aromatic rings. The second kappa shape index (κ2) is 10.9. The summed E-state index contributed by atoms with van der Waals surface area (Å²) in [7, 11) is 0. The zero-order valence-electron chi connectivity index (χ0n) is 23.9. The molecule has 1 atom stereocenters. The van der Waals surface area contributed by atoms with Gasteiger partial charge in [-0.15, -0.1) is 5.10 Å². The van der Waals surface area contributed by atoms with Gasteiger partial charge in [0.05, 0.1) is 23.0 Å². The van der Waals surface area contributed by atoms with Crippen molar-refractivity contribution in [2.75, 3.05) is 16.8 Å². The molecule has 13 heteroatoms. The molecule has 0 radical (unpaired) electrons. The van der Waals surface area contributed by atoms with Gasteiger partial charge in [-0.2, -0.15) is 0 Å². The Hall–Kier alpha value is -3.51. The summed E-state index contributed by atoms with van der Waals surface area (Å²) in [5, 5.41) is 11.4. The standard InChI is InChI=1S/C30H31BrClFN6O4/c1-29(2,3)43-28(42)34-22-15-18(32)14-21(33)25(22)27(41)39-20-8-11-30(39,12-9-20)24-16-38(36-35-24)23-10-13-37(26(23)40)19-6-4-17(31)5-7-19/h4-7,14-16,20,23H,8-13H2,1-3H3,(H,34,42). The smallest absolute Gasteiger partial charge is 0.412 e. The van der Waals surface area contributed by atoms with E-state index in [1.165, 1.54) is 6.07 Å². The van der Waals surface area contributed by atoms with E-state index >= 15 is 4.39 Å². The highest BCUT2D eigenvalue weighted by atomic mass is 79.9. The van der Waals surface area contributed by atoms with Crippen LogP contribution in [0.25, 0.3) is 0 Å². The van der Waals surface area contributed by atoms with Crippen molar-refractivity contribution in [1.82, 2.24) is 19.9 Å². The fraction of sp³-hybridized carbons (Fsp3) is 0.433. The van der Waals surface area contributed by atoms with Crippen LogP contribution >= 0.6 is 27.5 Å². The monoisotopic (exact) mass is 672 g/mol. The fourth-order valence-electron chi connectivity index (χ4n) is 6.52. The van der Waals surface area contributed by atoms with Gasteiger partial charge in [0.1, 0.15) is 23.2 Å². The molecule has 2 aromatic carbocycles. The highest BCUT2D eigenvalue weighted by molar-refractivity contribution is 9.10. The van der Waals surface area contributed by atoms with Crippen LogP contribution in [-0.4, -0.2) is 56.0 Å². The molecule has 3 aliphatic rings. The minimum Gasteiger partial charge on any atom is -0.444 e. The fourth-order valence-corrected chi connectivity index (χ4v) is 6.99. The number of ether oxygens (including phenoxy) is 1. The summed E-state index contributed by atoms with van der Waals surface area (Å²) in [5.41, 5.74) is -0.614. The number of hydrogen-bond donors (Lipinski definition) is 1. The molecule has 0 saturated carbocycles. The molecular formula is C30H31BrClFN6O4. The van der Waals surface area contributed by atoms with Crippen molar-refractivity contribution < 1.29 is 23.5 Å². The van der Waals surface area contributed by atoms with E-state index in [0.29, 0.717) is 44.3 Å². The lowest BCUT2D eigenvalue weighted by Crippen LogP contribution is -2.44. The van der Waals surface area contributed by atoms with Gasteiger partial charge < -0.3 is 14.5 Å². The number of carbonyl (C=O) groups is 3. The van der Waals surface area contributed by atoms with Gasteiger partial charge >= 0.3 is 6.09 Å². The number of aromatic nitrogens is 3. The maximum atomic E-state index is 15.5. The Balaban J connectivity index is 1.28. The maximum absolute atomic E-state index is 15.5. The summed E-state index contributed by atoms with van der Waals surface area (Å²) < 4.78 is 23.3. The van der Waals surface area contributed by atoms with Crippen LogP contribution in [0.3, 0.4) is 0 Å². The molecule has 3 saturated heterocycles. The summed E-state index contributed by atoms with van der Waals surface area (Å²) in [6, 6.07) is 9.29.